The van der Waals surface area contributed by atoms with Gasteiger partial charge in [0.25, 0.3) is 5.91 Å². The number of sulfone groups is 1. The molecule has 1 N–H and O–H groups in total. The Morgan fingerprint density at radius 3 is 2.28 bits per heavy atom. The van der Waals surface area contributed by atoms with Crippen molar-refractivity contribution in [2.75, 3.05) is 18.2 Å². The summed E-state index contributed by atoms with van der Waals surface area (Å²) in [5.41, 5.74) is 2.70. The van der Waals surface area contributed by atoms with Gasteiger partial charge in [-0.1, -0.05) is 12.1 Å². The van der Waals surface area contributed by atoms with Crippen molar-refractivity contribution in [3.05, 3.63) is 59.2 Å². The van der Waals surface area contributed by atoms with Gasteiger partial charge in [0.15, 0.2) is 16.4 Å². The molecule has 0 saturated heterocycles. The van der Waals surface area contributed by atoms with Crippen molar-refractivity contribution in [2.24, 2.45) is 0 Å². The predicted molar refractivity (Wildman–Crippen MR) is 94.4 cm³/mol. The molecule has 0 fully saturated rings. The first-order valence-electron chi connectivity index (χ1n) is 7.50. The van der Waals surface area contributed by atoms with Crippen LogP contribution in [0.15, 0.2) is 47.4 Å². The fourth-order valence-electron chi connectivity index (χ4n) is 2.31. The minimum Gasteiger partial charge on any atom is -0.452 e. The summed E-state index contributed by atoms with van der Waals surface area (Å²) >= 11 is 0. The number of aryl methyl sites for hydroxylation is 2. The van der Waals surface area contributed by atoms with Crippen molar-refractivity contribution < 1.29 is 22.7 Å². The second kappa shape index (κ2) is 7.48. The number of hydrogen-bond acceptors (Lipinski definition) is 5. The van der Waals surface area contributed by atoms with Crippen LogP contribution in [0.3, 0.4) is 0 Å². The lowest BCUT2D eigenvalue weighted by Gasteiger charge is -2.09. The first-order chi connectivity index (χ1) is 11.6. The van der Waals surface area contributed by atoms with Gasteiger partial charge >= 0.3 is 5.97 Å². The minimum absolute atomic E-state index is 0.0154. The Hall–Kier alpha value is -2.67. The molecule has 0 atom stereocenters. The molecule has 0 radical (unpaired) electrons. The van der Waals surface area contributed by atoms with E-state index in [4.69, 9.17) is 4.74 Å². The second-order valence-electron chi connectivity index (χ2n) is 5.80. The van der Waals surface area contributed by atoms with Crippen LogP contribution in [0.2, 0.25) is 0 Å². The smallest absolute Gasteiger partial charge is 0.338 e. The van der Waals surface area contributed by atoms with E-state index in [1.165, 1.54) is 24.3 Å². The van der Waals surface area contributed by atoms with E-state index in [2.05, 4.69) is 5.32 Å². The highest BCUT2D eigenvalue weighted by atomic mass is 32.2. The van der Waals surface area contributed by atoms with Gasteiger partial charge in [-0.25, -0.2) is 13.2 Å². The number of nitrogens with one attached hydrogen (secondary N) is 1. The number of rotatable bonds is 5. The van der Waals surface area contributed by atoms with Gasteiger partial charge in [-0.05, 0) is 55.3 Å². The Kier molecular flexibility index (Phi) is 5.58. The van der Waals surface area contributed by atoms with E-state index < -0.39 is 28.3 Å². The van der Waals surface area contributed by atoms with Crippen LogP contribution in [0.25, 0.3) is 0 Å². The quantitative estimate of drug-likeness (QED) is 0.827. The number of amides is 1. The van der Waals surface area contributed by atoms with Crippen LogP contribution >= 0.6 is 0 Å². The molecular formula is C18H19NO5S. The maximum Gasteiger partial charge on any atom is 0.338 e. The van der Waals surface area contributed by atoms with Crippen LogP contribution in [0.5, 0.6) is 0 Å². The molecule has 0 aliphatic rings. The molecule has 2 aromatic carbocycles. The monoisotopic (exact) mass is 361 g/mol. The highest BCUT2D eigenvalue weighted by molar-refractivity contribution is 7.90. The SMILES string of the molecule is Cc1cc(C)cc(NC(=O)COC(=O)c2cccc(S(C)(=O)=O)c2)c1. The lowest BCUT2D eigenvalue weighted by molar-refractivity contribution is -0.119. The van der Waals surface area contributed by atoms with Crippen molar-refractivity contribution in [3.63, 3.8) is 0 Å². The second-order valence-corrected chi connectivity index (χ2v) is 7.82. The molecule has 6 nitrogen and oxygen atoms in total. The fraction of sp³-hybridized carbons (Fsp3) is 0.222. The van der Waals surface area contributed by atoms with Gasteiger partial charge in [0.2, 0.25) is 0 Å². The number of carbonyl (C=O) groups excluding carboxylic acids is 2. The molecule has 0 aromatic heterocycles. The van der Waals surface area contributed by atoms with Gasteiger partial charge in [-0.3, -0.25) is 4.79 Å². The highest BCUT2D eigenvalue weighted by Gasteiger charge is 2.14. The highest BCUT2D eigenvalue weighted by Crippen LogP contribution is 2.14. The van der Waals surface area contributed by atoms with Gasteiger partial charge in [-0.2, -0.15) is 0 Å². The summed E-state index contributed by atoms with van der Waals surface area (Å²) in [7, 11) is -3.43. The number of anilines is 1. The molecule has 1 amide bonds. The lowest BCUT2D eigenvalue weighted by Crippen LogP contribution is -2.21. The molecule has 2 aromatic rings. The predicted octanol–water partition coefficient (Wildman–Crippen LogP) is 2.50. The molecule has 0 saturated carbocycles. The lowest BCUT2D eigenvalue weighted by atomic mass is 10.1. The van der Waals surface area contributed by atoms with E-state index in [0.717, 1.165) is 17.4 Å². The van der Waals surface area contributed by atoms with Crippen LogP contribution < -0.4 is 5.32 Å². The van der Waals surface area contributed by atoms with E-state index >= 15 is 0 Å². The summed E-state index contributed by atoms with van der Waals surface area (Å²) in [6.07, 6.45) is 1.05. The molecule has 0 aliphatic heterocycles. The molecule has 25 heavy (non-hydrogen) atoms. The summed E-state index contributed by atoms with van der Waals surface area (Å²) in [6.45, 7) is 3.36. The van der Waals surface area contributed by atoms with Gasteiger partial charge in [0.05, 0.1) is 10.5 Å². The average Bonchev–Trinajstić information content (AvgIpc) is 2.51. The molecule has 2 rings (SSSR count). The standard InChI is InChI=1S/C18H19NO5S/c1-12-7-13(2)9-15(8-12)19-17(20)11-24-18(21)14-5-4-6-16(10-14)25(3,22)23/h4-10H,11H2,1-3H3,(H,19,20). The summed E-state index contributed by atoms with van der Waals surface area (Å²) in [4.78, 5) is 23.9. The zero-order chi connectivity index (χ0) is 18.6. The average molecular weight is 361 g/mol. The van der Waals surface area contributed by atoms with E-state index in [1.54, 1.807) is 0 Å². The Bertz CT molecular complexity index is 899. The Labute approximate surface area is 146 Å². The van der Waals surface area contributed by atoms with Gasteiger partial charge in [-0.15, -0.1) is 0 Å². The fourth-order valence-corrected chi connectivity index (χ4v) is 2.98. The minimum atomic E-state index is -3.43. The molecule has 132 valence electrons. The Balaban J connectivity index is 1.99. The third-order valence-corrected chi connectivity index (χ3v) is 4.45. The zero-order valence-corrected chi connectivity index (χ0v) is 15.0. The molecule has 0 aliphatic carbocycles. The van der Waals surface area contributed by atoms with Gasteiger partial charge in [0, 0.05) is 11.9 Å². The van der Waals surface area contributed by atoms with Gasteiger partial charge in [0.1, 0.15) is 0 Å². The first-order valence-corrected chi connectivity index (χ1v) is 9.40. The van der Waals surface area contributed by atoms with E-state index in [-0.39, 0.29) is 10.5 Å². The maximum atomic E-state index is 12.0. The van der Waals surface area contributed by atoms with Gasteiger partial charge < -0.3 is 10.1 Å². The number of benzene rings is 2. The topological polar surface area (TPSA) is 89.5 Å². The maximum absolute atomic E-state index is 12.0. The summed E-state index contributed by atoms with van der Waals surface area (Å²) < 4.78 is 28.0. The van der Waals surface area contributed by atoms with Crippen LogP contribution in [-0.4, -0.2) is 33.2 Å². The molecule has 0 unspecified atom stereocenters. The Morgan fingerprint density at radius 2 is 1.68 bits per heavy atom. The number of ether oxygens (including phenoxy) is 1. The molecular weight excluding hydrogens is 342 g/mol. The van der Waals surface area contributed by atoms with Crippen molar-refractivity contribution in [2.45, 2.75) is 18.7 Å². The molecule has 7 heteroatoms. The van der Waals surface area contributed by atoms with Crippen molar-refractivity contribution in [1.29, 1.82) is 0 Å². The zero-order valence-electron chi connectivity index (χ0n) is 14.2. The number of carbonyl (C=O) groups is 2. The summed E-state index contributed by atoms with van der Waals surface area (Å²) in [5, 5.41) is 2.65. The van der Waals surface area contributed by atoms with Crippen LogP contribution in [-0.2, 0) is 19.4 Å². The first kappa shape index (κ1) is 18.7. The Morgan fingerprint density at radius 1 is 1.04 bits per heavy atom. The van der Waals surface area contributed by atoms with Crippen molar-refractivity contribution in [1.82, 2.24) is 0 Å². The van der Waals surface area contributed by atoms with E-state index in [0.29, 0.717) is 5.69 Å². The largest absolute Gasteiger partial charge is 0.452 e. The van der Waals surface area contributed by atoms with Crippen LogP contribution in [0.1, 0.15) is 21.5 Å². The number of hydrogen-bond donors (Lipinski definition) is 1. The molecule has 0 heterocycles. The van der Waals surface area contributed by atoms with Crippen LogP contribution in [0, 0.1) is 13.8 Å². The van der Waals surface area contributed by atoms with E-state index in [1.807, 2.05) is 32.0 Å². The van der Waals surface area contributed by atoms with Crippen molar-refractivity contribution >= 4 is 27.4 Å². The normalized spacial score (nSPS) is 11.0. The third-order valence-electron chi connectivity index (χ3n) is 3.34. The summed E-state index contributed by atoms with van der Waals surface area (Å²) in [5.74, 6) is -1.24. The van der Waals surface area contributed by atoms with Crippen LogP contribution in [0.4, 0.5) is 5.69 Å². The summed E-state index contributed by atoms with van der Waals surface area (Å²) in [6, 6.07) is 11.1. The molecule has 0 bridgehead atoms. The third kappa shape index (κ3) is 5.42. The van der Waals surface area contributed by atoms with Crippen molar-refractivity contribution in [3.8, 4) is 0 Å². The number of esters is 1. The molecule has 0 spiro atoms. The van der Waals surface area contributed by atoms with E-state index in [9.17, 15) is 18.0 Å².